The molecular weight excluding hydrogens is 1010 g/mol. The predicted molar refractivity (Wildman–Crippen MR) is 373 cm³/mol. The van der Waals surface area contributed by atoms with Gasteiger partial charge in [0, 0.05) is 6.42 Å². The highest BCUT2D eigenvalue weighted by atomic mass is 16.3. The molecule has 0 aliphatic carbocycles. The Morgan fingerprint density at radius 1 is 0.241 bits per heavy atom. The highest BCUT2D eigenvalue weighted by Crippen LogP contribution is 2.21. The van der Waals surface area contributed by atoms with E-state index in [0.29, 0.717) is 12.8 Å². The summed E-state index contributed by atoms with van der Waals surface area (Å²) in [4.78, 5) is 12.6. The zero-order valence-corrected chi connectivity index (χ0v) is 57.8. The number of hydrogen-bond acceptors (Lipinski definition) is 3. The summed E-state index contributed by atoms with van der Waals surface area (Å²) >= 11 is 0. The maximum absolute atomic E-state index is 12.6. The lowest BCUT2D eigenvalue weighted by molar-refractivity contribution is -0.123. The molecule has 0 fully saturated rings. The zero-order valence-electron chi connectivity index (χ0n) is 57.8. The van der Waals surface area contributed by atoms with E-state index in [4.69, 9.17) is 0 Å². The van der Waals surface area contributed by atoms with E-state index in [0.717, 1.165) is 25.7 Å². The average molecular weight is 1170 g/mol. The Balaban J connectivity index is 3.33. The van der Waals surface area contributed by atoms with Crippen LogP contribution in [0, 0.1) is 0 Å². The number of nitrogens with one attached hydrogen (secondary N) is 1. The lowest BCUT2D eigenvalue weighted by atomic mass is 10.0. The third kappa shape index (κ3) is 72.0. The van der Waals surface area contributed by atoms with Crippen LogP contribution in [0.25, 0.3) is 0 Å². The molecule has 0 aromatic carbocycles. The van der Waals surface area contributed by atoms with E-state index in [-0.39, 0.29) is 12.5 Å². The fourth-order valence-electron chi connectivity index (χ4n) is 13.4. The number of aliphatic hydroxyl groups excluding tert-OH is 2. The number of hydrogen-bond donors (Lipinski definition) is 3. The van der Waals surface area contributed by atoms with Crippen LogP contribution in [0.4, 0.5) is 0 Å². The third-order valence-electron chi connectivity index (χ3n) is 19.4. The highest BCUT2D eigenvalue weighted by molar-refractivity contribution is 5.76. The Morgan fingerprint density at radius 3 is 0.542 bits per heavy atom. The summed E-state index contributed by atoms with van der Waals surface area (Å²) in [5, 5.41) is 23.5. The molecule has 83 heavy (non-hydrogen) atoms. The quantitative estimate of drug-likeness (QED) is 0.0532. The van der Waals surface area contributed by atoms with Crippen molar-refractivity contribution in [3.05, 3.63) is 0 Å². The molecule has 0 aliphatic rings. The largest absolute Gasteiger partial charge is 0.394 e. The normalized spacial score (nSPS) is 12.5. The van der Waals surface area contributed by atoms with Gasteiger partial charge in [-0.2, -0.15) is 0 Å². The predicted octanol–water partition coefficient (Wildman–Crippen LogP) is 27.3. The van der Waals surface area contributed by atoms with Gasteiger partial charge in [-0.05, 0) is 12.8 Å². The number of carbonyl (C=O) groups is 1. The number of unbranched alkanes of at least 4 members (excludes halogenated alkanes) is 69. The van der Waals surface area contributed by atoms with Crippen molar-refractivity contribution in [1.29, 1.82) is 0 Å². The van der Waals surface area contributed by atoms with Crippen molar-refractivity contribution in [3.8, 4) is 0 Å². The number of amides is 1. The minimum absolute atomic E-state index is 0.0179. The Bertz CT molecular complexity index is 1140. The zero-order chi connectivity index (χ0) is 59.8. The Hall–Kier alpha value is -0.610. The van der Waals surface area contributed by atoms with Crippen LogP contribution in [-0.2, 0) is 4.79 Å². The van der Waals surface area contributed by atoms with Crippen molar-refractivity contribution < 1.29 is 15.0 Å². The first kappa shape index (κ1) is 82.4. The highest BCUT2D eigenvalue weighted by Gasteiger charge is 2.20. The summed E-state index contributed by atoms with van der Waals surface area (Å²) in [5.74, 6) is -0.0179. The van der Waals surface area contributed by atoms with Crippen LogP contribution in [-0.4, -0.2) is 34.9 Å². The molecule has 3 N–H and O–H groups in total. The molecule has 4 heteroatoms. The molecule has 0 rings (SSSR count). The van der Waals surface area contributed by atoms with Crippen LogP contribution in [0.15, 0.2) is 0 Å². The Morgan fingerprint density at radius 2 is 0.386 bits per heavy atom. The molecule has 0 spiro atoms. The topological polar surface area (TPSA) is 69.6 Å². The molecule has 0 saturated carbocycles. The van der Waals surface area contributed by atoms with E-state index in [1.807, 2.05) is 0 Å². The minimum atomic E-state index is -0.657. The second kappa shape index (κ2) is 75.6. The monoisotopic (exact) mass is 1170 g/mol. The molecule has 2 unspecified atom stereocenters. The molecule has 0 aromatic heterocycles. The van der Waals surface area contributed by atoms with Gasteiger partial charge in [-0.25, -0.2) is 0 Å². The van der Waals surface area contributed by atoms with Crippen LogP contribution in [0.3, 0.4) is 0 Å². The molecule has 1 amide bonds. The standard InChI is InChI=1S/C79H159NO3/c1-3-5-7-9-11-13-15-17-19-21-23-25-27-29-31-33-35-37-38-39-40-41-43-45-47-49-51-53-55-57-59-61-63-65-67-69-71-73-75-79(83)80-77(76-81)78(82)74-72-70-68-66-64-62-60-58-56-54-52-50-48-46-44-42-36-34-32-30-28-26-24-22-20-18-16-14-12-10-8-6-4-2/h77-78,81-82H,3-76H2,1-2H3,(H,80,83). The fraction of sp³-hybridized carbons (Fsp3) is 0.987. The van der Waals surface area contributed by atoms with Crippen molar-refractivity contribution in [3.63, 3.8) is 0 Å². The van der Waals surface area contributed by atoms with Gasteiger partial charge in [0.2, 0.25) is 5.91 Å². The lowest BCUT2D eigenvalue weighted by Crippen LogP contribution is -2.45. The molecule has 0 heterocycles. The van der Waals surface area contributed by atoms with E-state index in [9.17, 15) is 15.0 Å². The van der Waals surface area contributed by atoms with Crippen molar-refractivity contribution in [2.45, 2.75) is 495 Å². The van der Waals surface area contributed by atoms with Gasteiger partial charge in [-0.15, -0.1) is 0 Å². The van der Waals surface area contributed by atoms with Crippen molar-refractivity contribution >= 4 is 5.91 Å². The van der Waals surface area contributed by atoms with Crippen molar-refractivity contribution in [2.75, 3.05) is 6.61 Å². The van der Waals surface area contributed by atoms with Crippen LogP contribution < -0.4 is 5.32 Å². The summed E-state index contributed by atoms with van der Waals surface area (Å²) in [7, 11) is 0. The van der Waals surface area contributed by atoms with Crippen LogP contribution in [0.2, 0.25) is 0 Å². The maximum atomic E-state index is 12.6. The molecule has 498 valence electrons. The smallest absolute Gasteiger partial charge is 0.220 e. The molecule has 2 atom stereocenters. The lowest BCUT2D eigenvalue weighted by Gasteiger charge is -2.22. The van der Waals surface area contributed by atoms with Gasteiger partial charge >= 0.3 is 0 Å². The third-order valence-corrected chi connectivity index (χ3v) is 19.4. The molecule has 0 radical (unpaired) electrons. The SMILES string of the molecule is CCCCCCCCCCCCCCCCCCCCCCCCCCCCCCCCCCCCCCCCC(=O)NC(CO)C(O)CCCCCCCCCCCCCCCCCCCCCCCCCCCCCCCCCCC. The van der Waals surface area contributed by atoms with Gasteiger partial charge in [0.25, 0.3) is 0 Å². The van der Waals surface area contributed by atoms with Crippen LogP contribution in [0.1, 0.15) is 483 Å². The summed E-state index contributed by atoms with van der Waals surface area (Å²) < 4.78 is 0. The second-order valence-corrected chi connectivity index (χ2v) is 27.9. The van der Waals surface area contributed by atoms with E-state index >= 15 is 0 Å². The van der Waals surface area contributed by atoms with Gasteiger partial charge < -0.3 is 15.5 Å². The van der Waals surface area contributed by atoms with Gasteiger partial charge in [0.15, 0.2) is 0 Å². The van der Waals surface area contributed by atoms with Crippen molar-refractivity contribution in [2.24, 2.45) is 0 Å². The molecule has 0 aliphatic heterocycles. The van der Waals surface area contributed by atoms with E-state index in [1.54, 1.807) is 0 Å². The summed E-state index contributed by atoms with van der Waals surface area (Å²) in [6, 6.07) is -0.534. The Labute approximate surface area is 525 Å². The molecule has 0 saturated heterocycles. The number of carbonyl (C=O) groups excluding carboxylic acids is 1. The van der Waals surface area contributed by atoms with E-state index < -0.39 is 12.1 Å². The second-order valence-electron chi connectivity index (χ2n) is 27.9. The molecule has 4 nitrogen and oxygen atoms in total. The minimum Gasteiger partial charge on any atom is -0.394 e. The number of rotatable bonds is 76. The van der Waals surface area contributed by atoms with Crippen LogP contribution in [0.5, 0.6) is 0 Å². The fourth-order valence-corrected chi connectivity index (χ4v) is 13.4. The Kier molecular flexibility index (Phi) is 75.1. The van der Waals surface area contributed by atoms with E-state index in [2.05, 4.69) is 19.2 Å². The first-order chi connectivity index (χ1) is 41.2. The average Bonchev–Trinajstić information content (AvgIpc) is 3.51. The molecule has 0 aromatic rings. The summed E-state index contributed by atoms with van der Waals surface area (Å²) in [6.07, 6.45) is 101. The van der Waals surface area contributed by atoms with E-state index in [1.165, 1.54) is 430 Å². The molecule has 0 bridgehead atoms. The number of aliphatic hydroxyl groups is 2. The first-order valence-corrected chi connectivity index (χ1v) is 39.7. The van der Waals surface area contributed by atoms with Crippen molar-refractivity contribution in [1.82, 2.24) is 5.32 Å². The van der Waals surface area contributed by atoms with Gasteiger partial charge in [0.05, 0.1) is 18.8 Å². The maximum Gasteiger partial charge on any atom is 0.220 e. The molecular formula is C79H159NO3. The van der Waals surface area contributed by atoms with Crippen LogP contribution >= 0.6 is 0 Å². The summed E-state index contributed by atoms with van der Waals surface area (Å²) in [5.41, 5.74) is 0. The van der Waals surface area contributed by atoms with Gasteiger partial charge in [-0.1, -0.05) is 463 Å². The van der Waals surface area contributed by atoms with Gasteiger partial charge in [0.1, 0.15) is 0 Å². The summed E-state index contributed by atoms with van der Waals surface area (Å²) in [6.45, 7) is 4.43. The van der Waals surface area contributed by atoms with Gasteiger partial charge in [-0.3, -0.25) is 4.79 Å². The first-order valence-electron chi connectivity index (χ1n) is 39.7.